The van der Waals surface area contributed by atoms with Crippen LogP contribution in [0.5, 0.6) is 5.75 Å². The van der Waals surface area contributed by atoms with Gasteiger partial charge in [0.2, 0.25) is 5.95 Å². The Morgan fingerprint density at radius 1 is 1.08 bits per heavy atom. The molecule has 1 atom stereocenters. The van der Waals surface area contributed by atoms with Crippen molar-refractivity contribution >= 4 is 30.5 Å². The molecule has 2 aromatic carbocycles. The SMILES string of the molecule is COc1ccc(C(=O)COP(=O)(CCOCCn2cnc3c(=O)[nH]c(N)nc32)OCc2ccc(C)cc2)cc1. The monoisotopic (exact) mass is 555 g/mol. The number of rotatable bonds is 14. The van der Waals surface area contributed by atoms with Crippen molar-refractivity contribution in [2.45, 2.75) is 20.1 Å². The normalized spacial score (nSPS) is 12.9. The quantitative estimate of drug-likeness (QED) is 0.134. The minimum Gasteiger partial charge on any atom is -0.497 e. The number of methoxy groups -OCH3 is 1. The summed E-state index contributed by atoms with van der Waals surface area (Å²) in [7, 11) is -2.17. The maximum Gasteiger partial charge on any atom is 0.333 e. The smallest absolute Gasteiger partial charge is 0.333 e. The van der Waals surface area contributed by atoms with Crippen LogP contribution in [0.3, 0.4) is 0 Å². The Labute approximate surface area is 224 Å². The number of nitrogens with one attached hydrogen (secondary N) is 1. The Kier molecular flexibility index (Phi) is 9.26. The van der Waals surface area contributed by atoms with Gasteiger partial charge in [0.05, 0.1) is 39.4 Å². The van der Waals surface area contributed by atoms with E-state index in [2.05, 4.69) is 15.0 Å². The number of aromatic amines is 1. The van der Waals surface area contributed by atoms with Crippen molar-refractivity contribution in [1.82, 2.24) is 19.5 Å². The number of carbonyl (C=O) groups excluding carboxylic acids is 1. The minimum absolute atomic E-state index is 0.0110. The van der Waals surface area contributed by atoms with Crippen molar-refractivity contribution in [2.24, 2.45) is 0 Å². The van der Waals surface area contributed by atoms with E-state index in [1.54, 1.807) is 28.8 Å². The summed E-state index contributed by atoms with van der Waals surface area (Å²) in [5, 5.41) is 0. The number of Topliss-reactive ketones (excluding diaryl/α,β-unsaturated/α-hetero) is 1. The number of aromatic nitrogens is 4. The highest BCUT2D eigenvalue weighted by Gasteiger charge is 2.26. The fourth-order valence-electron chi connectivity index (χ4n) is 3.62. The molecule has 0 bridgehead atoms. The van der Waals surface area contributed by atoms with E-state index in [0.29, 0.717) is 23.5 Å². The van der Waals surface area contributed by atoms with Crippen LogP contribution >= 0.6 is 7.60 Å². The molecule has 12 nitrogen and oxygen atoms in total. The molecule has 0 amide bonds. The summed E-state index contributed by atoms with van der Waals surface area (Å²) in [5.74, 6) is 0.265. The number of aryl methyl sites for hydroxylation is 1. The molecule has 4 rings (SSSR count). The standard InChI is InChI=1S/C26H30N5O7P/c1-18-3-5-19(6-4-18)15-37-39(34,38-16-22(32)20-7-9-21(35-2)10-8-20)14-13-36-12-11-31-17-28-23-24(31)29-26(27)30-25(23)33/h3-10,17H,11-16H2,1-2H3,(H3,27,29,30,33). The molecular weight excluding hydrogens is 525 g/mol. The molecule has 206 valence electrons. The Balaban J connectivity index is 1.35. The molecule has 0 aliphatic heterocycles. The van der Waals surface area contributed by atoms with Gasteiger partial charge in [0.25, 0.3) is 5.56 Å². The molecule has 2 heterocycles. The summed E-state index contributed by atoms with van der Waals surface area (Å²) in [6.07, 6.45) is 1.41. The Morgan fingerprint density at radius 3 is 2.54 bits per heavy atom. The number of imidazole rings is 1. The topological polar surface area (TPSA) is 161 Å². The lowest BCUT2D eigenvalue weighted by molar-refractivity contribution is 0.0885. The highest BCUT2D eigenvalue weighted by molar-refractivity contribution is 7.53. The average Bonchev–Trinajstić information content (AvgIpc) is 3.34. The molecule has 2 aromatic heterocycles. The number of fused-ring (bicyclic) bond motifs is 1. The van der Waals surface area contributed by atoms with E-state index in [9.17, 15) is 14.2 Å². The number of carbonyl (C=O) groups is 1. The van der Waals surface area contributed by atoms with Gasteiger partial charge in [-0.05, 0) is 36.8 Å². The molecular formula is C26H30N5O7P. The first kappa shape index (κ1) is 28.2. The molecule has 1 unspecified atom stereocenters. The maximum absolute atomic E-state index is 13.6. The van der Waals surface area contributed by atoms with Crippen LogP contribution in [-0.4, -0.2) is 58.4 Å². The highest BCUT2D eigenvalue weighted by Crippen LogP contribution is 2.48. The van der Waals surface area contributed by atoms with Gasteiger partial charge in [0.15, 0.2) is 16.9 Å². The van der Waals surface area contributed by atoms with E-state index >= 15 is 0 Å². The minimum atomic E-state index is -3.70. The van der Waals surface area contributed by atoms with Gasteiger partial charge in [-0.25, -0.2) is 4.98 Å². The molecule has 4 aromatic rings. The van der Waals surface area contributed by atoms with Crippen molar-refractivity contribution in [1.29, 1.82) is 0 Å². The molecule has 0 spiro atoms. The molecule has 0 saturated heterocycles. The molecule has 0 aliphatic carbocycles. The Morgan fingerprint density at radius 2 is 1.82 bits per heavy atom. The number of nitrogen functional groups attached to an aromatic ring is 1. The number of ether oxygens (including phenoxy) is 2. The summed E-state index contributed by atoms with van der Waals surface area (Å²) < 4.78 is 37.3. The average molecular weight is 556 g/mol. The van der Waals surface area contributed by atoms with Crippen molar-refractivity contribution in [3.8, 4) is 5.75 Å². The van der Waals surface area contributed by atoms with Crippen LogP contribution in [0.25, 0.3) is 11.2 Å². The van der Waals surface area contributed by atoms with Crippen LogP contribution in [0.4, 0.5) is 5.95 Å². The second kappa shape index (κ2) is 12.8. The third-order valence-electron chi connectivity index (χ3n) is 5.83. The van der Waals surface area contributed by atoms with Gasteiger partial charge in [-0.15, -0.1) is 0 Å². The number of nitrogens with two attached hydrogens (primary N) is 1. The first-order valence-corrected chi connectivity index (χ1v) is 13.9. The first-order valence-electron chi connectivity index (χ1n) is 12.2. The van der Waals surface area contributed by atoms with Gasteiger partial charge in [0.1, 0.15) is 12.4 Å². The van der Waals surface area contributed by atoms with Gasteiger partial charge in [-0.1, -0.05) is 29.8 Å². The van der Waals surface area contributed by atoms with Crippen LogP contribution < -0.4 is 16.0 Å². The zero-order valence-electron chi connectivity index (χ0n) is 21.7. The van der Waals surface area contributed by atoms with Gasteiger partial charge in [-0.2, -0.15) is 4.98 Å². The Hall–Kier alpha value is -3.83. The molecule has 0 saturated carbocycles. The summed E-state index contributed by atoms with van der Waals surface area (Å²) in [4.78, 5) is 35.1. The van der Waals surface area contributed by atoms with Crippen molar-refractivity contribution < 1.29 is 27.9 Å². The van der Waals surface area contributed by atoms with Crippen molar-refractivity contribution in [2.75, 3.05) is 38.8 Å². The number of hydrogen-bond acceptors (Lipinski definition) is 10. The summed E-state index contributed by atoms with van der Waals surface area (Å²) in [5.41, 5.74) is 8.02. The van der Waals surface area contributed by atoms with E-state index < -0.39 is 19.8 Å². The van der Waals surface area contributed by atoms with Crippen molar-refractivity contribution in [3.63, 3.8) is 0 Å². The second-order valence-electron chi connectivity index (χ2n) is 8.69. The third kappa shape index (κ3) is 7.61. The molecule has 0 radical (unpaired) electrons. The van der Waals surface area contributed by atoms with Crippen LogP contribution in [0, 0.1) is 6.92 Å². The lowest BCUT2D eigenvalue weighted by Crippen LogP contribution is -2.15. The van der Waals surface area contributed by atoms with E-state index in [1.807, 2.05) is 31.2 Å². The summed E-state index contributed by atoms with van der Waals surface area (Å²) in [6, 6.07) is 14.2. The lowest BCUT2D eigenvalue weighted by atomic mass is 10.1. The number of anilines is 1. The summed E-state index contributed by atoms with van der Waals surface area (Å²) >= 11 is 0. The number of hydrogen-bond donors (Lipinski definition) is 2. The zero-order chi connectivity index (χ0) is 27.8. The van der Waals surface area contributed by atoms with E-state index in [-0.39, 0.29) is 43.2 Å². The molecule has 3 N–H and O–H groups in total. The summed E-state index contributed by atoms with van der Waals surface area (Å²) in [6.45, 7) is 2.19. The number of benzene rings is 2. The lowest BCUT2D eigenvalue weighted by Gasteiger charge is -2.19. The van der Waals surface area contributed by atoms with Crippen molar-refractivity contribution in [3.05, 3.63) is 81.9 Å². The van der Waals surface area contributed by atoms with E-state index in [1.165, 1.54) is 13.4 Å². The van der Waals surface area contributed by atoms with Crippen LogP contribution in [0.15, 0.2) is 59.7 Å². The highest BCUT2D eigenvalue weighted by atomic mass is 31.2. The van der Waals surface area contributed by atoms with Gasteiger partial charge >= 0.3 is 7.60 Å². The Bertz CT molecular complexity index is 1520. The molecule has 0 aliphatic rings. The molecule has 0 fully saturated rings. The second-order valence-corrected chi connectivity index (χ2v) is 10.9. The number of nitrogens with zero attached hydrogens (tertiary/aromatic N) is 3. The molecule has 39 heavy (non-hydrogen) atoms. The van der Waals surface area contributed by atoms with E-state index in [0.717, 1.165) is 11.1 Å². The predicted molar refractivity (Wildman–Crippen MR) is 145 cm³/mol. The third-order valence-corrected chi connectivity index (χ3v) is 7.61. The fraction of sp³-hybridized carbons (Fsp3) is 0.308. The van der Waals surface area contributed by atoms with Crippen LogP contribution in [-0.2, 0) is 31.5 Å². The number of ketones is 1. The van der Waals surface area contributed by atoms with Crippen LogP contribution in [0.1, 0.15) is 21.5 Å². The van der Waals surface area contributed by atoms with E-state index in [4.69, 9.17) is 24.3 Å². The largest absolute Gasteiger partial charge is 0.497 e. The first-order chi connectivity index (χ1) is 18.8. The van der Waals surface area contributed by atoms with Crippen LogP contribution in [0.2, 0.25) is 0 Å². The fourth-order valence-corrected chi connectivity index (χ4v) is 4.96. The zero-order valence-corrected chi connectivity index (χ0v) is 22.6. The number of H-pyrrole nitrogens is 1. The molecule has 13 heteroatoms. The van der Waals surface area contributed by atoms with Gasteiger partial charge in [-0.3, -0.25) is 19.1 Å². The van der Waals surface area contributed by atoms with Gasteiger partial charge in [0, 0.05) is 12.1 Å². The van der Waals surface area contributed by atoms with Gasteiger partial charge < -0.3 is 28.8 Å². The predicted octanol–water partition coefficient (Wildman–Crippen LogP) is 3.34. The maximum atomic E-state index is 13.6.